The Labute approximate surface area is 192 Å². The Morgan fingerprint density at radius 3 is 2.58 bits per heavy atom. The quantitative estimate of drug-likeness (QED) is 0.378. The molecule has 33 heavy (non-hydrogen) atoms. The fourth-order valence-corrected chi connectivity index (χ4v) is 3.24. The van der Waals surface area contributed by atoms with Crippen molar-refractivity contribution in [3.05, 3.63) is 90.4 Å². The summed E-state index contributed by atoms with van der Waals surface area (Å²) in [5.74, 6) is 0.847. The Hall–Kier alpha value is -4.26. The van der Waals surface area contributed by atoms with Crippen LogP contribution in [0.25, 0.3) is 11.4 Å². The topological polar surface area (TPSA) is 97.2 Å². The highest BCUT2D eigenvalue weighted by molar-refractivity contribution is 5.81. The van der Waals surface area contributed by atoms with E-state index in [2.05, 4.69) is 20.3 Å². The zero-order valence-electron chi connectivity index (χ0n) is 18.6. The van der Waals surface area contributed by atoms with Crippen molar-refractivity contribution in [3.63, 3.8) is 0 Å². The molecule has 166 valence electrons. The molecular formula is C26H24N4O3. The van der Waals surface area contributed by atoms with Crippen LogP contribution < -0.4 is 10.1 Å². The van der Waals surface area contributed by atoms with Gasteiger partial charge in [-0.05, 0) is 68.8 Å². The van der Waals surface area contributed by atoms with Crippen LogP contribution in [0, 0.1) is 6.92 Å². The molecule has 0 saturated heterocycles. The van der Waals surface area contributed by atoms with Gasteiger partial charge >= 0.3 is 5.97 Å². The third-order valence-corrected chi connectivity index (χ3v) is 5.26. The fourth-order valence-electron chi connectivity index (χ4n) is 3.24. The summed E-state index contributed by atoms with van der Waals surface area (Å²) >= 11 is 0. The van der Waals surface area contributed by atoms with Crippen molar-refractivity contribution in [1.82, 2.24) is 15.0 Å². The lowest BCUT2D eigenvalue weighted by molar-refractivity contribution is -0.142. The molecule has 0 atom stereocenters. The van der Waals surface area contributed by atoms with Gasteiger partial charge in [-0.1, -0.05) is 18.2 Å². The maximum atomic E-state index is 11.6. The van der Waals surface area contributed by atoms with E-state index in [0.717, 1.165) is 17.1 Å². The molecule has 0 amide bonds. The lowest BCUT2D eigenvalue weighted by atomic mass is 9.84. The number of aromatic nitrogens is 3. The first-order valence-electron chi connectivity index (χ1n) is 10.5. The Kier molecular flexibility index (Phi) is 6.04. The molecule has 4 rings (SSSR count). The largest absolute Gasteiger partial charge is 0.481 e. The molecule has 0 aliphatic rings. The second kappa shape index (κ2) is 9.08. The lowest BCUT2D eigenvalue weighted by Crippen LogP contribution is -2.28. The molecule has 2 N–H and O–H groups in total. The lowest BCUT2D eigenvalue weighted by Gasteiger charge is -2.20. The molecule has 4 aromatic rings. The number of anilines is 2. The number of carboxylic acid groups (broad SMARTS) is 1. The first kappa shape index (κ1) is 22.0. The summed E-state index contributed by atoms with van der Waals surface area (Å²) in [7, 11) is 0. The average Bonchev–Trinajstić information content (AvgIpc) is 2.81. The molecule has 3 aromatic heterocycles. The molecule has 0 saturated carbocycles. The van der Waals surface area contributed by atoms with Gasteiger partial charge in [-0.15, -0.1) is 0 Å². The Morgan fingerprint density at radius 2 is 1.82 bits per heavy atom. The summed E-state index contributed by atoms with van der Waals surface area (Å²) in [5.41, 5.74) is 2.67. The number of hydrogen-bond donors (Lipinski definition) is 2. The van der Waals surface area contributed by atoms with Gasteiger partial charge in [0.05, 0.1) is 11.1 Å². The normalized spacial score (nSPS) is 11.1. The van der Waals surface area contributed by atoms with E-state index < -0.39 is 11.4 Å². The van der Waals surface area contributed by atoms with E-state index in [0.29, 0.717) is 28.6 Å². The second-order valence-corrected chi connectivity index (χ2v) is 8.13. The van der Waals surface area contributed by atoms with E-state index in [1.54, 1.807) is 44.4 Å². The highest BCUT2D eigenvalue weighted by Gasteiger charge is 2.29. The van der Waals surface area contributed by atoms with Crippen molar-refractivity contribution in [2.45, 2.75) is 26.2 Å². The van der Waals surface area contributed by atoms with Crippen LogP contribution in [0.3, 0.4) is 0 Å². The molecule has 7 nitrogen and oxygen atoms in total. The van der Waals surface area contributed by atoms with E-state index in [4.69, 9.17) is 4.74 Å². The molecule has 0 aliphatic carbocycles. The highest BCUT2D eigenvalue weighted by Crippen LogP contribution is 2.32. The molecule has 7 heteroatoms. The Bertz CT molecular complexity index is 1290. The number of hydrogen-bond acceptors (Lipinski definition) is 6. The van der Waals surface area contributed by atoms with Crippen molar-refractivity contribution < 1.29 is 14.6 Å². The molecule has 0 aliphatic heterocycles. The average molecular weight is 441 g/mol. The molecule has 0 radical (unpaired) electrons. The number of nitrogens with zero attached hydrogens (tertiary/aromatic N) is 3. The van der Waals surface area contributed by atoms with E-state index in [9.17, 15) is 9.90 Å². The SMILES string of the molecule is Cc1ccc(Oc2ccnc(Nc3cccc(C(C)(C)C(=O)O)c3)c2)c(-c2ccccn2)n1. The van der Waals surface area contributed by atoms with Gasteiger partial charge in [-0.3, -0.25) is 9.78 Å². The minimum atomic E-state index is -1.00. The van der Waals surface area contributed by atoms with Crippen LogP contribution in [-0.4, -0.2) is 26.0 Å². The van der Waals surface area contributed by atoms with Gasteiger partial charge in [-0.2, -0.15) is 0 Å². The number of carboxylic acids is 1. The summed E-state index contributed by atoms with van der Waals surface area (Å²) in [6.45, 7) is 5.27. The molecule has 0 bridgehead atoms. The molecular weight excluding hydrogens is 416 g/mol. The standard InChI is InChI=1S/C26H24N4O3/c1-17-10-11-22(24(29-17)21-9-4-5-13-27-21)33-20-12-14-28-23(16-20)30-19-8-6-7-18(15-19)26(2,3)25(31)32/h4-16H,1-3H3,(H,28,30)(H,31,32). The summed E-state index contributed by atoms with van der Waals surface area (Å²) in [6, 6.07) is 20.2. The van der Waals surface area contributed by atoms with Gasteiger partial charge in [0, 0.05) is 29.8 Å². The van der Waals surface area contributed by atoms with Crippen LogP contribution in [0.15, 0.2) is 79.1 Å². The molecule has 3 heterocycles. The van der Waals surface area contributed by atoms with Crippen LogP contribution in [0.5, 0.6) is 11.5 Å². The van der Waals surface area contributed by atoms with Gasteiger partial charge in [0.15, 0.2) is 5.75 Å². The number of aliphatic carboxylic acids is 1. The first-order chi connectivity index (χ1) is 15.8. The number of pyridine rings is 3. The minimum absolute atomic E-state index is 0.567. The number of benzene rings is 1. The number of ether oxygens (including phenoxy) is 1. The second-order valence-electron chi connectivity index (χ2n) is 8.13. The Balaban J connectivity index is 1.59. The van der Waals surface area contributed by atoms with Crippen LogP contribution >= 0.6 is 0 Å². The number of carbonyl (C=O) groups is 1. The maximum absolute atomic E-state index is 11.6. The van der Waals surface area contributed by atoms with Crippen LogP contribution in [-0.2, 0) is 10.2 Å². The smallest absolute Gasteiger partial charge is 0.313 e. The van der Waals surface area contributed by atoms with Gasteiger partial charge in [0.25, 0.3) is 0 Å². The summed E-state index contributed by atoms with van der Waals surface area (Å²) in [6.07, 6.45) is 3.36. The summed E-state index contributed by atoms with van der Waals surface area (Å²) < 4.78 is 6.15. The van der Waals surface area contributed by atoms with Crippen molar-refractivity contribution in [2.24, 2.45) is 0 Å². The van der Waals surface area contributed by atoms with Gasteiger partial charge in [-0.25, -0.2) is 9.97 Å². The van der Waals surface area contributed by atoms with E-state index in [1.165, 1.54) is 0 Å². The molecule has 0 spiro atoms. The van der Waals surface area contributed by atoms with Crippen molar-refractivity contribution >= 4 is 17.5 Å². The van der Waals surface area contributed by atoms with E-state index in [1.807, 2.05) is 55.5 Å². The maximum Gasteiger partial charge on any atom is 0.313 e. The molecule has 0 unspecified atom stereocenters. The number of nitrogens with one attached hydrogen (secondary N) is 1. The monoisotopic (exact) mass is 440 g/mol. The van der Waals surface area contributed by atoms with E-state index in [-0.39, 0.29) is 0 Å². The zero-order valence-corrected chi connectivity index (χ0v) is 18.6. The van der Waals surface area contributed by atoms with Crippen LogP contribution in [0.2, 0.25) is 0 Å². The summed E-state index contributed by atoms with van der Waals surface area (Å²) in [4.78, 5) is 25.0. The Morgan fingerprint density at radius 1 is 0.970 bits per heavy atom. The fraction of sp³-hybridized carbons (Fsp3) is 0.154. The predicted octanol–water partition coefficient (Wildman–Crippen LogP) is 5.75. The zero-order chi connectivity index (χ0) is 23.4. The van der Waals surface area contributed by atoms with Gasteiger partial charge in [0.2, 0.25) is 0 Å². The van der Waals surface area contributed by atoms with Crippen molar-refractivity contribution in [3.8, 4) is 22.9 Å². The molecule has 1 aromatic carbocycles. The minimum Gasteiger partial charge on any atom is -0.481 e. The predicted molar refractivity (Wildman–Crippen MR) is 127 cm³/mol. The third-order valence-electron chi connectivity index (χ3n) is 5.26. The van der Waals surface area contributed by atoms with Crippen LogP contribution in [0.1, 0.15) is 25.1 Å². The highest BCUT2D eigenvalue weighted by atomic mass is 16.5. The molecule has 0 fully saturated rings. The van der Waals surface area contributed by atoms with E-state index >= 15 is 0 Å². The third kappa shape index (κ3) is 4.98. The van der Waals surface area contributed by atoms with Gasteiger partial charge in [0.1, 0.15) is 17.3 Å². The number of rotatable bonds is 7. The van der Waals surface area contributed by atoms with Crippen molar-refractivity contribution in [2.75, 3.05) is 5.32 Å². The van der Waals surface area contributed by atoms with Gasteiger partial charge < -0.3 is 15.2 Å². The number of aryl methyl sites for hydroxylation is 1. The summed E-state index contributed by atoms with van der Waals surface area (Å²) in [5, 5.41) is 12.7. The first-order valence-corrected chi connectivity index (χ1v) is 10.5. The van der Waals surface area contributed by atoms with Crippen molar-refractivity contribution in [1.29, 1.82) is 0 Å². The van der Waals surface area contributed by atoms with Crippen LogP contribution in [0.4, 0.5) is 11.5 Å².